The van der Waals surface area contributed by atoms with E-state index in [1.807, 2.05) is 0 Å². The van der Waals surface area contributed by atoms with Crippen LogP contribution in [-0.4, -0.2) is 39.3 Å². The highest BCUT2D eigenvalue weighted by molar-refractivity contribution is 7.99. The second kappa shape index (κ2) is 9.15. The van der Waals surface area contributed by atoms with Crippen molar-refractivity contribution >= 4 is 17.7 Å². The lowest BCUT2D eigenvalue weighted by Crippen LogP contribution is -2.50. The van der Waals surface area contributed by atoms with Gasteiger partial charge in [0, 0.05) is 12.6 Å². The Balaban J connectivity index is 1.30. The number of amides is 1. The van der Waals surface area contributed by atoms with Gasteiger partial charge in [-0.05, 0) is 62.8 Å². The van der Waals surface area contributed by atoms with E-state index in [1.54, 1.807) is 19.1 Å². The maximum Gasteiger partial charge on any atom is 0.277 e. The third-order valence-corrected chi connectivity index (χ3v) is 6.58. The number of hydrogen-bond acceptors (Lipinski definition) is 6. The van der Waals surface area contributed by atoms with Crippen LogP contribution in [0.15, 0.2) is 33.9 Å². The fraction of sp³-hybridized carbons (Fsp3) is 0.571. The maximum atomic E-state index is 13.0. The number of piperidine rings is 1. The molecule has 1 amide bonds. The van der Waals surface area contributed by atoms with E-state index < -0.39 is 6.10 Å². The lowest BCUT2D eigenvalue weighted by atomic mass is 9.78. The molecule has 156 valence electrons. The monoisotopic (exact) mass is 419 g/mol. The van der Waals surface area contributed by atoms with Gasteiger partial charge in [0.05, 0.1) is 5.75 Å². The summed E-state index contributed by atoms with van der Waals surface area (Å²) in [6.45, 7) is 2.64. The van der Waals surface area contributed by atoms with Crippen LogP contribution in [0.4, 0.5) is 4.39 Å². The molecule has 0 bridgehead atoms. The highest BCUT2D eigenvalue weighted by atomic mass is 32.2. The van der Waals surface area contributed by atoms with Gasteiger partial charge in [-0.1, -0.05) is 24.6 Å². The molecule has 1 saturated heterocycles. The standard InChI is InChI=1S/C21H26FN3O3S/c1-14(27-17-10-8-16(22)9-11-17)20-23-24-21(28-20)29-13-19(26)25-12-4-6-15-5-2-3-7-18(15)25/h8-11,14-15,18H,2-7,12-13H2,1H3/t14-,15-,18-/m0/s1. The van der Waals surface area contributed by atoms with Gasteiger partial charge in [-0.2, -0.15) is 0 Å². The van der Waals surface area contributed by atoms with E-state index >= 15 is 0 Å². The molecule has 3 atom stereocenters. The third-order valence-electron chi connectivity index (χ3n) is 5.78. The number of aromatic nitrogens is 2. The van der Waals surface area contributed by atoms with Crippen molar-refractivity contribution in [2.24, 2.45) is 5.92 Å². The molecule has 0 spiro atoms. The Hall–Kier alpha value is -2.09. The van der Waals surface area contributed by atoms with Crippen molar-refractivity contribution in [2.75, 3.05) is 12.3 Å². The van der Waals surface area contributed by atoms with E-state index in [9.17, 15) is 9.18 Å². The first-order valence-corrected chi connectivity index (χ1v) is 11.3. The van der Waals surface area contributed by atoms with Crippen LogP contribution in [0.25, 0.3) is 0 Å². The van der Waals surface area contributed by atoms with Crippen LogP contribution in [0, 0.1) is 11.7 Å². The fourth-order valence-corrected chi connectivity index (χ4v) is 5.01. The van der Waals surface area contributed by atoms with Crippen molar-refractivity contribution in [3.8, 4) is 5.75 Å². The SMILES string of the molecule is C[C@H](Oc1ccc(F)cc1)c1nnc(SCC(=O)N2CCC[C@@H]3CCCC[C@@H]32)o1. The second-order valence-electron chi connectivity index (χ2n) is 7.75. The minimum absolute atomic E-state index is 0.155. The number of carbonyl (C=O) groups excluding carboxylic acids is 1. The summed E-state index contributed by atoms with van der Waals surface area (Å²) < 4.78 is 24.4. The Morgan fingerprint density at radius 1 is 1.24 bits per heavy atom. The van der Waals surface area contributed by atoms with E-state index in [2.05, 4.69) is 15.1 Å². The van der Waals surface area contributed by atoms with Crippen LogP contribution in [0.2, 0.25) is 0 Å². The molecule has 8 heteroatoms. The van der Waals surface area contributed by atoms with Crippen molar-refractivity contribution in [3.05, 3.63) is 36.0 Å². The molecular weight excluding hydrogens is 393 g/mol. The van der Waals surface area contributed by atoms with Gasteiger partial charge >= 0.3 is 0 Å². The lowest BCUT2D eigenvalue weighted by molar-refractivity contribution is -0.134. The fourth-order valence-electron chi connectivity index (χ4n) is 4.35. The zero-order valence-corrected chi connectivity index (χ0v) is 17.4. The molecule has 29 heavy (non-hydrogen) atoms. The Morgan fingerprint density at radius 3 is 2.83 bits per heavy atom. The first-order valence-electron chi connectivity index (χ1n) is 10.3. The first-order chi connectivity index (χ1) is 14.1. The molecule has 2 aromatic rings. The molecule has 1 aliphatic carbocycles. The number of thioether (sulfide) groups is 1. The van der Waals surface area contributed by atoms with Gasteiger partial charge in [-0.25, -0.2) is 4.39 Å². The summed E-state index contributed by atoms with van der Waals surface area (Å²) in [4.78, 5) is 14.9. The predicted molar refractivity (Wildman–Crippen MR) is 107 cm³/mol. The van der Waals surface area contributed by atoms with Crippen molar-refractivity contribution in [1.29, 1.82) is 0 Å². The highest BCUT2D eigenvalue weighted by Crippen LogP contribution is 2.35. The zero-order chi connectivity index (χ0) is 20.2. The number of fused-ring (bicyclic) bond motifs is 1. The van der Waals surface area contributed by atoms with Gasteiger partial charge < -0.3 is 14.1 Å². The molecule has 2 fully saturated rings. The predicted octanol–water partition coefficient (Wildman–Crippen LogP) is 4.62. The number of rotatable bonds is 6. The van der Waals surface area contributed by atoms with Crippen LogP contribution >= 0.6 is 11.8 Å². The van der Waals surface area contributed by atoms with Crippen LogP contribution in [-0.2, 0) is 4.79 Å². The van der Waals surface area contributed by atoms with Crippen LogP contribution in [0.5, 0.6) is 5.75 Å². The van der Waals surface area contributed by atoms with Gasteiger partial charge in [0.1, 0.15) is 11.6 Å². The molecular formula is C21H26FN3O3S. The van der Waals surface area contributed by atoms with E-state index in [-0.39, 0.29) is 11.7 Å². The number of hydrogen-bond donors (Lipinski definition) is 0. The van der Waals surface area contributed by atoms with E-state index in [0.717, 1.165) is 19.4 Å². The minimum atomic E-state index is -0.469. The summed E-state index contributed by atoms with van der Waals surface area (Å²) in [6.07, 6.45) is 6.77. The molecule has 0 radical (unpaired) electrons. The smallest absolute Gasteiger partial charge is 0.277 e. The summed E-state index contributed by atoms with van der Waals surface area (Å²) in [5, 5.41) is 8.41. The maximum absolute atomic E-state index is 13.0. The van der Waals surface area contributed by atoms with Crippen LogP contribution in [0.3, 0.4) is 0 Å². The molecule has 1 saturated carbocycles. The van der Waals surface area contributed by atoms with E-state index in [4.69, 9.17) is 9.15 Å². The van der Waals surface area contributed by atoms with Gasteiger partial charge in [0.25, 0.3) is 11.1 Å². The normalized spacial score (nSPS) is 22.8. The Morgan fingerprint density at radius 2 is 2.00 bits per heavy atom. The summed E-state index contributed by atoms with van der Waals surface area (Å²) in [5.41, 5.74) is 0. The quantitative estimate of drug-likeness (QED) is 0.637. The highest BCUT2D eigenvalue weighted by Gasteiger charge is 2.35. The van der Waals surface area contributed by atoms with Gasteiger partial charge in [-0.3, -0.25) is 4.79 Å². The molecule has 6 nitrogen and oxygen atoms in total. The zero-order valence-electron chi connectivity index (χ0n) is 16.6. The first kappa shape index (κ1) is 20.2. The lowest BCUT2D eigenvalue weighted by Gasteiger charge is -2.44. The van der Waals surface area contributed by atoms with Crippen LogP contribution in [0.1, 0.15) is 57.4 Å². The molecule has 1 aromatic carbocycles. The molecule has 0 unspecified atom stereocenters. The summed E-state index contributed by atoms with van der Waals surface area (Å²) >= 11 is 1.27. The van der Waals surface area contributed by atoms with Crippen molar-refractivity contribution < 1.29 is 18.3 Å². The number of carbonyl (C=O) groups is 1. The Kier molecular flexibility index (Phi) is 6.37. The average molecular weight is 420 g/mol. The number of likely N-dealkylation sites (tertiary alicyclic amines) is 1. The van der Waals surface area contributed by atoms with Crippen LogP contribution < -0.4 is 4.74 Å². The van der Waals surface area contributed by atoms with E-state index in [0.29, 0.717) is 34.6 Å². The third kappa shape index (κ3) is 4.91. The number of ether oxygens (including phenoxy) is 1. The molecule has 2 aliphatic rings. The molecule has 4 rings (SSSR count). The van der Waals surface area contributed by atoms with Gasteiger partial charge in [0.15, 0.2) is 6.10 Å². The molecule has 2 heterocycles. The molecule has 0 N–H and O–H groups in total. The minimum Gasteiger partial charge on any atom is -0.481 e. The Bertz CT molecular complexity index is 827. The largest absolute Gasteiger partial charge is 0.481 e. The average Bonchev–Trinajstić information content (AvgIpc) is 3.22. The Labute approximate surface area is 174 Å². The molecule has 1 aliphatic heterocycles. The van der Waals surface area contributed by atoms with Gasteiger partial charge in [0.2, 0.25) is 5.91 Å². The molecule has 1 aromatic heterocycles. The van der Waals surface area contributed by atoms with Crippen molar-refractivity contribution in [2.45, 2.75) is 62.8 Å². The van der Waals surface area contributed by atoms with Gasteiger partial charge in [-0.15, -0.1) is 10.2 Å². The number of nitrogens with zero attached hydrogens (tertiary/aromatic N) is 3. The summed E-state index contributed by atoms with van der Waals surface area (Å²) in [5.74, 6) is 1.66. The summed E-state index contributed by atoms with van der Waals surface area (Å²) in [7, 11) is 0. The van der Waals surface area contributed by atoms with Crippen molar-refractivity contribution in [1.82, 2.24) is 15.1 Å². The second-order valence-corrected chi connectivity index (χ2v) is 8.68. The van der Waals surface area contributed by atoms with Crippen molar-refractivity contribution in [3.63, 3.8) is 0 Å². The van der Waals surface area contributed by atoms with E-state index in [1.165, 1.54) is 49.6 Å². The number of benzene rings is 1. The number of halogens is 1. The topological polar surface area (TPSA) is 68.5 Å². The summed E-state index contributed by atoms with van der Waals surface area (Å²) in [6, 6.07) is 6.18.